The number of nitrogens with two attached hydrogens (primary N) is 1. The van der Waals surface area contributed by atoms with E-state index < -0.39 is 15.9 Å². The summed E-state index contributed by atoms with van der Waals surface area (Å²) in [6.45, 7) is 8.82. The highest BCUT2D eigenvalue weighted by atomic mass is 32.2. The minimum absolute atomic E-state index is 0.127. The summed E-state index contributed by atoms with van der Waals surface area (Å²) in [6, 6.07) is 12.3. The SMILES string of the molecule is CCS(=O)(=O)N1CCC(c2c[nH]c3c(C(N)=O)cc(-c4cccc(CNCC(C)C)c4)cc23)CC1. The highest BCUT2D eigenvalue weighted by Gasteiger charge is 2.29. The smallest absolute Gasteiger partial charge is 0.250 e. The molecular weight excluding hydrogens is 460 g/mol. The molecule has 0 spiro atoms. The molecule has 4 N–H and O–H groups in total. The second-order valence-electron chi connectivity index (χ2n) is 9.85. The van der Waals surface area contributed by atoms with Gasteiger partial charge < -0.3 is 16.0 Å². The lowest BCUT2D eigenvalue weighted by molar-refractivity contribution is 0.100. The number of carbonyl (C=O) groups excluding carboxylic acids is 1. The van der Waals surface area contributed by atoms with Gasteiger partial charge in [0.25, 0.3) is 5.91 Å². The number of primary amides is 1. The quantitative estimate of drug-likeness (QED) is 0.412. The van der Waals surface area contributed by atoms with Crippen LogP contribution >= 0.6 is 0 Å². The van der Waals surface area contributed by atoms with Crippen LogP contribution < -0.4 is 11.1 Å². The molecule has 3 aromatic rings. The molecule has 0 unspecified atom stereocenters. The number of amides is 1. The molecule has 0 bridgehead atoms. The number of aromatic amines is 1. The topological polar surface area (TPSA) is 108 Å². The molecule has 2 aromatic carbocycles. The van der Waals surface area contributed by atoms with E-state index in [-0.39, 0.29) is 11.7 Å². The first-order chi connectivity index (χ1) is 16.7. The van der Waals surface area contributed by atoms with E-state index in [1.807, 2.05) is 18.3 Å². The van der Waals surface area contributed by atoms with Crippen LogP contribution in [0.1, 0.15) is 61.0 Å². The van der Waals surface area contributed by atoms with Gasteiger partial charge in [0.2, 0.25) is 10.0 Å². The third-order valence-electron chi connectivity index (χ3n) is 6.88. The van der Waals surface area contributed by atoms with E-state index in [9.17, 15) is 13.2 Å². The Labute approximate surface area is 208 Å². The van der Waals surface area contributed by atoms with E-state index in [2.05, 4.69) is 48.4 Å². The fraction of sp³-hybridized carbons (Fsp3) is 0.444. The number of nitrogens with one attached hydrogen (secondary N) is 2. The maximum absolute atomic E-state index is 12.4. The maximum Gasteiger partial charge on any atom is 0.250 e. The van der Waals surface area contributed by atoms with Crippen LogP contribution in [0.15, 0.2) is 42.6 Å². The minimum atomic E-state index is -3.17. The number of carbonyl (C=O) groups is 1. The molecule has 0 atom stereocenters. The lowest BCUT2D eigenvalue weighted by atomic mass is 9.88. The molecule has 1 aliphatic heterocycles. The lowest BCUT2D eigenvalue weighted by Gasteiger charge is -2.31. The Morgan fingerprint density at radius 1 is 1.17 bits per heavy atom. The van der Waals surface area contributed by atoms with E-state index in [4.69, 9.17) is 5.73 Å². The maximum atomic E-state index is 12.4. The van der Waals surface area contributed by atoms with E-state index in [0.29, 0.717) is 24.6 Å². The van der Waals surface area contributed by atoms with Crippen LogP contribution in [0.3, 0.4) is 0 Å². The molecule has 8 heteroatoms. The summed E-state index contributed by atoms with van der Waals surface area (Å²) in [5.74, 6) is 0.459. The Kier molecular flexibility index (Phi) is 7.64. The Morgan fingerprint density at radius 2 is 1.91 bits per heavy atom. The fourth-order valence-corrected chi connectivity index (χ4v) is 6.08. The van der Waals surface area contributed by atoms with Crippen LogP contribution in [-0.2, 0) is 16.6 Å². The zero-order chi connectivity index (χ0) is 25.2. The van der Waals surface area contributed by atoms with Crippen LogP contribution in [-0.4, -0.2) is 49.0 Å². The first-order valence-corrected chi connectivity index (χ1v) is 14.0. The van der Waals surface area contributed by atoms with Gasteiger partial charge in [-0.25, -0.2) is 12.7 Å². The molecule has 7 nitrogen and oxygen atoms in total. The van der Waals surface area contributed by atoms with Crippen LogP contribution in [0.5, 0.6) is 0 Å². The highest BCUT2D eigenvalue weighted by molar-refractivity contribution is 7.89. The van der Waals surface area contributed by atoms with Gasteiger partial charge in [0.15, 0.2) is 0 Å². The number of H-pyrrole nitrogens is 1. The predicted molar refractivity (Wildman–Crippen MR) is 142 cm³/mol. The van der Waals surface area contributed by atoms with Gasteiger partial charge in [-0.05, 0) is 78.6 Å². The first-order valence-electron chi connectivity index (χ1n) is 12.4. The second kappa shape index (κ2) is 10.5. The van der Waals surface area contributed by atoms with Crippen molar-refractivity contribution in [3.63, 3.8) is 0 Å². The van der Waals surface area contributed by atoms with Crippen molar-refractivity contribution in [1.29, 1.82) is 0 Å². The Morgan fingerprint density at radius 3 is 2.57 bits per heavy atom. The normalized spacial score (nSPS) is 15.8. The van der Waals surface area contributed by atoms with Crippen LogP contribution in [0, 0.1) is 5.92 Å². The number of hydrogen-bond acceptors (Lipinski definition) is 4. The number of sulfonamides is 1. The Balaban J connectivity index is 1.66. The summed E-state index contributed by atoms with van der Waals surface area (Å²) in [4.78, 5) is 15.6. The number of fused-ring (bicyclic) bond motifs is 1. The average Bonchev–Trinajstić information content (AvgIpc) is 3.27. The monoisotopic (exact) mass is 496 g/mol. The van der Waals surface area contributed by atoms with Crippen molar-refractivity contribution in [3.05, 3.63) is 59.3 Å². The highest BCUT2D eigenvalue weighted by Crippen LogP contribution is 2.37. The van der Waals surface area contributed by atoms with Crippen molar-refractivity contribution in [2.24, 2.45) is 11.7 Å². The molecule has 188 valence electrons. The standard InChI is InChI=1S/C27H36N4O3S/c1-4-35(33,34)31-10-8-20(9-11-31)25-17-30-26-23(25)13-22(14-24(26)27(28)32)21-7-5-6-19(12-21)16-29-15-18(2)3/h5-7,12-14,17-18,20,29-30H,4,8-11,15-16H2,1-3H3,(H2,28,32). The van der Waals surface area contributed by atoms with Gasteiger partial charge in [-0.2, -0.15) is 0 Å². The van der Waals surface area contributed by atoms with Crippen molar-refractivity contribution in [3.8, 4) is 11.1 Å². The van der Waals surface area contributed by atoms with Crippen molar-refractivity contribution in [2.75, 3.05) is 25.4 Å². The van der Waals surface area contributed by atoms with Gasteiger partial charge in [-0.3, -0.25) is 4.79 Å². The van der Waals surface area contributed by atoms with E-state index >= 15 is 0 Å². The first kappa shape index (κ1) is 25.4. The van der Waals surface area contributed by atoms with E-state index in [0.717, 1.165) is 53.5 Å². The number of piperidine rings is 1. The summed E-state index contributed by atoms with van der Waals surface area (Å²) in [7, 11) is -3.17. The molecule has 35 heavy (non-hydrogen) atoms. The van der Waals surface area contributed by atoms with Gasteiger partial charge in [0, 0.05) is 31.2 Å². The molecule has 1 saturated heterocycles. The third-order valence-corrected chi connectivity index (χ3v) is 8.76. The van der Waals surface area contributed by atoms with Gasteiger partial charge in [-0.1, -0.05) is 32.0 Å². The zero-order valence-corrected chi connectivity index (χ0v) is 21.6. The summed E-state index contributed by atoms with van der Waals surface area (Å²) in [5, 5.41) is 4.46. The molecule has 0 aliphatic carbocycles. The molecule has 2 heterocycles. The Bertz CT molecular complexity index is 1310. The molecule has 1 fully saturated rings. The molecule has 1 amide bonds. The van der Waals surface area contributed by atoms with Crippen LogP contribution in [0.2, 0.25) is 0 Å². The van der Waals surface area contributed by atoms with Crippen molar-refractivity contribution in [2.45, 2.75) is 46.1 Å². The second-order valence-corrected chi connectivity index (χ2v) is 12.1. The average molecular weight is 497 g/mol. The van der Waals surface area contributed by atoms with E-state index in [1.165, 1.54) is 5.56 Å². The molecule has 1 aromatic heterocycles. The number of benzene rings is 2. The molecule has 4 rings (SSSR count). The van der Waals surface area contributed by atoms with Crippen molar-refractivity contribution in [1.82, 2.24) is 14.6 Å². The predicted octanol–water partition coefficient (Wildman–Crippen LogP) is 4.21. The minimum Gasteiger partial charge on any atom is -0.366 e. The largest absolute Gasteiger partial charge is 0.366 e. The van der Waals surface area contributed by atoms with Crippen LogP contribution in [0.4, 0.5) is 0 Å². The fourth-order valence-electron chi connectivity index (χ4n) is 4.95. The van der Waals surface area contributed by atoms with Gasteiger partial charge >= 0.3 is 0 Å². The third kappa shape index (κ3) is 5.60. The van der Waals surface area contributed by atoms with Crippen molar-refractivity contribution < 1.29 is 13.2 Å². The van der Waals surface area contributed by atoms with Crippen molar-refractivity contribution >= 4 is 26.8 Å². The summed E-state index contributed by atoms with van der Waals surface area (Å²) in [5.41, 5.74) is 11.3. The molecule has 0 saturated carbocycles. The van der Waals surface area contributed by atoms with E-state index in [1.54, 1.807) is 11.2 Å². The van der Waals surface area contributed by atoms with Gasteiger partial charge in [0.05, 0.1) is 16.8 Å². The number of rotatable bonds is 9. The number of aromatic nitrogens is 1. The van der Waals surface area contributed by atoms with Crippen LogP contribution in [0.25, 0.3) is 22.0 Å². The molecular formula is C27H36N4O3S. The summed E-state index contributed by atoms with van der Waals surface area (Å²) in [6.07, 6.45) is 3.46. The van der Waals surface area contributed by atoms with Gasteiger partial charge in [0.1, 0.15) is 0 Å². The zero-order valence-electron chi connectivity index (χ0n) is 20.8. The Hall–Kier alpha value is -2.68. The molecule has 0 radical (unpaired) electrons. The lowest BCUT2D eigenvalue weighted by Crippen LogP contribution is -2.38. The summed E-state index contributed by atoms with van der Waals surface area (Å²) >= 11 is 0. The summed E-state index contributed by atoms with van der Waals surface area (Å²) < 4.78 is 26.1. The van der Waals surface area contributed by atoms with Gasteiger partial charge in [-0.15, -0.1) is 0 Å². The number of hydrogen-bond donors (Lipinski definition) is 3. The molecule has 1 aliphatic rings. The number of nitrogens with zero attached hydrogens (tertiary/aromatic N) is 1.